The van der Waals surface area contributed by atoms with Crippen LogP contribution >= 0.6 is 11.8 Å². The lowest BCUT2D eigenvalue weighted by Gasteiger charge is -2.52. The molecule has 190 valence electrons. The van der Waals surface area contributed by atoms with E-state index >= 15 is 0 Å². The lowest BCUT2D eigenvalue weighted by molar-refractivity contribution is -0.170. The number of aromatic hydroxyl groups is 1. The minimum atomic E-state index is -0.933. The number of rotatable bonds is 7. The van der Waals surface area contributed by atoms with E-state index in [9.17, 15) is 19.5 Å². The van der Waals surface area contributed by atoms with Crippen molar-refractivity contribution in [2.45, 2.75) is 56.7 Å². The van der Waals surface area contributed by atoms with Gasteiger partial charge in [0, 0.05) is 6.42 Å². The summed E-state index contributed by atoms with van der Waals surface area (Å²) in [5.41, 5.74) is 1.36. The molecule has 3 atom stereocenters. The number of para-hydroxylation sites is 1. The average molecular weight is 511 g/mol. The highest BCUT2D eigenvalue weighted by Crippen LogP contribution is 2.42. The number of nitrogens with one attached hydrogen (secondary N) is 1. The molecule has 2 aliphatic rings. The van der Waals surface area contributed by atoms with Gasteiger partial charge in [-0.15, -0.1) is 11.8 Å². The fourth-order valence-corrected chi connectivity index (χ4v) is 5.46. The normalized spacial score (nSPS) is 21.1. The predicted molar refractivity (Wildman–Crippen MR) is 136 cm³/mol. The van der Waals surface area contributed by atoms with Crippen LogP contribution in [0.2, 0.25) is 0 Å². The molecule has 36 heavy (non-hydrogen) atoms. The van der Waals surface area contributed by atoms with E-state index in [0.29, 0.717) is 16.9 Å². The number of amides is 2. The molecular formula is C27H30N2O6S. The molecule has 2 amide bonds. The molecule has 4 rings (SSSR count). The molecule has 1 saturated heterocycles. The van der Waals surface area contributed by atoms with Gasteiger partial charge in [0.05, 0.1) is 13.5 Å². The number of thioether (sulfide) groups is 1. The van der Waals surface area contributed by atoms with Crippen LogP contribution < -0.4 is 10.1 Å². The maximum Gasteiger partial charge on any atom is 0.333 e. The highest BCUT2D eigenvalue weighted by atomic mass is 32.2. The summed E-state index contributed by atoms with van der Waals surface area (Å²) in [6.45, 7) is 5.31. The first-order valence-electron chi connectivity index (χ1n) is 11.7. The number of ether oxygens (including phenoxy) is 2. The van der Waals surface area contributed by atoms with Crippen LogP contribution in [0.3, 0.4) is 0 Å². The lowest BCUT2D eigenvalue weighted by atomic mass is 9.93. The van der Waals surface area contributed by atoms with E-state index in [0.717, 1.165) is 5.56 Å². The van der Waals surface area contributed by atoms with E-state index in [2.05, 4.69) is 5.32 Å². The van der Waals surface area contributed by atoms with Gasteiger partial charge in [-0.2, -0.15) is 0 Å². The third kappa shape index (κ3) is 5.51. The van der Waals surface area contributed by atoms with Gasteiger partial charge in [-0.25, -0.2) is 4.79 Å². The number of benzene rings is 2. The lowest BCUT2D eigenvalue weighted by Crippen LogP contribution is -2.74. The van der Waals surface area contributed by atoms with Gasteiger partial charge in [0.15, 0.2) is 6.04 Å². The maximum atomic E-state index is 13.2. The molecule has 8 nitrogen and oxygen atoms in total. The Kier molecular flexibility index (Phi) is 7.31. The number of fused-ring (bicyclic) bond motifs is 1. The molecule has 0 aliphatic carbocycles. The van der Waals surface area contributed by atoms with Gasteiger partial charge in [-0.3, -0.25) is 9.59 Å². The van der Waals surface area contributed by atoms with Crippen molar-refractivity contribution < 1.29 is 29.0 Å². The highest BCUT2D eigenvalue weighted by molar-refractivity contribution is 8.02. The molecular weight excluding hydrogens is 480 g/mol. The standard InChI is InChI=1S/C27H30N2O6S/c1-27(2,3)35-26(33)23-18(14-17-7-5-6-8-20(17)30)15-36-25-22(24(32)29(23)25)28-21(31)13-16-9-11-19(34-4)12-10-16/h5-12,15,22-23,25,30H,13-14H2,1-4H3,(H,28,31)/t22?,23?,25-/m1/s1. The maximum absolute atomic E-state index is 13.2. The zero-order chi connectivity index (χ0) is 26.0. The number of hydrogen-bond acceptors (Lipinski definition) is 7. The number of carbonyl (C=O) groups excluding carboxylic acids is 3. The first kappa shape index (κ1) is 25.6. The van der Waals surface area contributed by atoms with Crippen molar-refractivity contribution >= 4 is 29.5 Å². The summed E-state index contributed by atoms with van der Waals surface area (Å²) in [6.07, 6.45) is 0.406. The molecule has 0 bridgehead atoms. The van der Waals surface area contributed by atoms with Gasteiger partial charge < -0.3 is 24.8 Å². The molecule has 2 heterocycles. The quantitative estimate of drug-likeness (QED) is 0.435. The molecule has 0 radical (unpaired) electrons. The molecule has 1 fully saturated rings. The van der Waals surface area contributed by atoms with E-state index in [1.54, 1.807) is 76.4 Å². The monoisotopic (exact) mass is 510 g/mol. The van der Waals surface area contributed by atoms with Crippen LogP contribution in [0.4, 0.5) is 0 Å². The number of phenols is 1. The van der Waals surface area contributed by atoms with Crippen LogP contribution in [-0.4, -0.2) is 58.0 Å². The topological polar surface area (TPSA) is 105 Å². The third-order valence-electron chi connectivity index (χ3n) is 5.92. The Balaban J connectivity index is 1.51. The number of β-lactam (4-membered cyclic amide) rings is 1. The second-order valence-electron chi connectivity index (χ2n) is 9.78. The van der Waals surface area contributed by atoms with Crippen molar-refractivity contribution in [2.75, 3.05) is 7.11 Å². The van der Waals surface area contributed by atoms with Crippen molar-refractivity contribution in [1.29, 1.82) is 0 Å². The number of nitrogens with zero attached hydrogens (tertiary/aromatic N) is 1. The van der Waals surface area contributed by atoms with Crippen molar-refractivity contribution in [3.63, 3.8) is 0 Å². The molecule has 2 aromatic rings. The number of methoxy groups -OCH3 is 1. The Morgan fingerprint density at radius 3 is 2.44 bits per heavy atom. The van der Waals surface area contributed by atoms with Crippen LogP contribution in [0.1, 0.15) is 31.9 Å². The Hall–Kier alpha value is -3.46. The first-order valence-corrected chi connectivity index (χ1v) is 12.6. The van der Waals surface area contributed by atoms with Gasteiger partial charge in [0.1, 0.15) is 28.5 Å². The van der Waals surface area contributed by atoms with Gasteiger partial charge in [-0.1, -0.05) is 30.3 Å². The van der Waals surface area contributed by atoms with Crippen LogP contribution in [0.15, 0.2) is 59.5 Å². The second kappa shape index (κ2) is 10.3. The summed E-state index contributed by atoms with van der Waals surface area (Å²) in [4.78, 5) is 40.6. The van der Waals surface area contributed by atoms with Gasteiger partial charge >= 0.3 is 5.97 Å². The van der Waals surface area contributed by atoms with Crippen molar-refractivity contribution in [3.05, 3.63) is 70.6 Å². The summed E-state index contributed by atoms with van der Waals surface area (Å²) in [5.74, 6) is -0.342. The van der Waals surface area contributed by atoms with Crippen LogP contribution in [0.25, 0.3) is 0 Å². The van der Waals surface area contributed by atoms with E-state index in [-0.39, 0.29) is 30.4 Å². The molecule has 9 heteroatoms. The first-order chi connectivity index (χ1) is 17.1. The summed E-state index contributed by atoms with van der Waals surface area (Å²) in [5, 5.41) is 14.5. The van der Waals surface area contributed by atoms with Crippen LogP contribution in [0.5, 0.6) is 11.5 Å². The molecule has 0 aromatic heterocycles. The Morgan fingerprint density at radius 1 is 1.11 bits per heavy atom. The summed E-state index contributed by atoms with van der Waals surface area (Å²) in [6, 6.07) is 12.4. The second-order valence-corrected chi connectivity index (χ2v) is 10.8. The minimum absolute atomic E-state index is 0.118. The van der Waals surface area contributed by atoms with E-state index in [1.807, 2.05) is 5.41 Å². The summed E-state index contributed by atoms with van der Waals surface area (Å²) >= 11 is 1.37. The van der Waals surface area contributed by atoms with E-state index < -0.39 is 29.0 Å². The zero-order valence-corrected chi connectivity index (χ0v) is 21.5. The van der Waals surface area contributed by atoms with E-state index in [1.165, 1.54) is 16.7 Å². The highest BCUT2D eigenvalue weighted by Gasteiger charge is 2.56. The molecule has 0 saturated carbocycles. The van der Waals surface area contributed by atoms with Crippen molar-refractivity contribution in [1.82, 2.24) is 10.2 Å². The largest absolute Gasteiger partial charge is 0.508 e. The van der Waals surface area contributed by atoms with Crippen molar-refractivity contribution in [2.24, 2.45) is 0 Å². The zero-order valence-electron chi connectivity index (χ0n) is 20.7. The summed E-state index contributed by atoms with van der Waals surface area (Å²) in [7, 11) is 1.57. The van der Waals surface area contributed by atoms with Crippen LogP contribution in [-0.2, 0) is 32.0 Å². The number of hydrogen-bond donors (Lipinski definition) is 2. The van der Waals surface area contributed by atoms with Crippen molar-refractivity contribution in [3.8, 4) is 11.5 Å². The van der Waals surface area contributed by atoms with Gasteiger partial charge in [0.25, 0.3) is 0 Å². The summed E-state index contributed by atoms with van der Waals surface area (Å²) < 4.78 is 10.8. The average Bonchev–Trinajstić information content (AvgIpc) is 2.83. The Labute approximate surface area is 214 Å². The Morgan fingerprint density at radius 2 is 1.81 bits per heavy atom. The molecule has 2 unspecified atom stereocenters. The molecule has 2 aliphatic heterocycles. The fraction of sp³-hybridized carbons (Fsp3) is 0.370. The fourth-order valence-electron chi connectivity index (χ4n) is 4.23. The molecule has 0 spiro atoms. The number of phenolic OH excluding ortho intramolecular Hbond substituents is 1. The third-order valence-corrected chi connectivity index (χ3v) is 7.14. The predicted octanol–water partition coefficient (Wildman–Crippen LogP) is 3.18. The van der Waals surface area contributed by atoms with E-state index in [4.69, 9.17) is 9.47 Å². The van der Waals surface area contributed by atoms with Gasteiger partial charge in [0.2, 0.25) is 11.8 Å². The SMILES string of the molecule is COc1ccc(CC(=O)NC2C(=O)N3C(C(=O)OC(C)(C)C)C(Cc4ccccc4O)=CS[C@H]23)cc1. The minimum Gasteiger partial charge on any atom is -0.508 e. The Bertz CT molecular complexity index is 1190. The van der Waals surface area contributed by atoms with Gasteiger partial charge in [-0.05, 0) is 61.1 Å². The number of carbonyl (C=O) groups is 3. The van der Waals surface area contributed by atoms with Crippen LogP contribution in [0, 0.1) is 0 Å². The number of esters is 1. The smallest absolute Gasteiger partial charge is 0.333 e. The molecule has 2 N–H and O–H groups in total. The molecule has 2 aromatic carbocycles.